The molecule has 0 unspecified atom stereocenters. The average molecular weight is 314 g/mol. The molecule has 0 bridgehead atoms. The molecule has 0 spiro atoms. The van der Waals surface area contributed by atoms with E-state index >= 15 is 0 Å². The lowest BCUT2D eigenvalue weighted by atomic mass is 10.1. The number of nitrogens with one attached hydrogen (secondary N) is 2. The van der Waals surface area contributed by atoms with Gasteiger partial charge in [-0.1, -0.05) is 13.0 Å². The van der Waals surface area contributed by atoms with Crippen LogP contribution in [-0.2, 0) is 14.8 Å². The molecule has 7 heteroatoms. The third-order valence-corrected chi connectivity index (χ3v) is 4.44. The van der Waals surface area contributed by atoms with Crippen molar-refractivity contribution in [1.82, 2.24) is 10.0 Å². The number of hydrogen-bond acceptors (Lipinski definition) is 5. The van der Waals surface area contributed by atoms with Gasteiger partial charge in [0, 0.05) is 13.1 Å². The van der Waals surface area contributed by atoms with Crippen LogP contribution in [0.1, 0.15) is 29.8 Å². The zero-order valence-electron chi connectivity index (χ0n) is 12.6. The van der Waals surface area contributed by atoms with Crippen molar-refractivity contribution in [1.29, 1.82) is 0 Å². The van der Waals surface area contributed by atoms with Crippen LogP contribution in [0.3, 0.4) is 0 Å². The summed E-state index contributed by atoms with van der Waals surface area (Å²) in [4.78, 5) is 11.8. The van der Waals surface area contributed by atoms with Crippen molar-refractivity contribution in [2.75, 3.05) is 26.2 Å². The molecule has 0 aliphatic carbocycles. The molecule has 0 saturated heterocycles. The SMILES string of the molecule is CCNCCNS(=O)(=O)c1cc(C(=O)OCC)ccc1C. The van der Waals surface area contributed by atoms with Gasteiger partial charge in [-0.3, -0.25) is 0 Å². The van der Waals surface area contributed by atoms with E-state index in [1.165, 1.54) is 6.07 Å². The summed E-state index contributed by atoms with van der Waals surface area (Å²) in [5, 5.41) is 3.03. The number of rotatable bonds is 8. The number of likely N-dealkylation sites (N-methyl/N-ethyl adjacent to an activating group) is 1. The first-order valence-corrected chi connectivity index (χ1v) is 8.38. The summed E-state index contributed by atoms with van der Waals surface area (Å²) < 4.78 is 31.9. The van der Waals surface area contributed by atoms with E-state index in [1.54, 1.807) is 26.0 Å². The Morgan fingerprint density at radius 2 is 1.95 bits per heavy atom. The minimum absolute atomic E-state index is 0.101. The van der Waals surface area contributed by atoms with E-state index in [0.29, 0.717) is 18.7 Å². The van der Waals surface area contributed by atoms with Crippen molar-refractivity contribution >= 4 is 16.0 Å². The third kappa shape index (κ3) is 5.11. The average Bonchev–Trinajstić information content (AvgIpc) is 2.44. The topological polar surface area (TPSA) is 84.5 Å². The Hall–Kier alpha value is -1.44. The monoisotopic (exact) mass is 314 g/mol. The largest absolute Gasteiger partial charge is 0.462 e. The molecule has 21 heavy (non-hydrogen) atoms. The predicted molar refractivity (Wildman–Crippen MR) is 80.9 cm³/mol. The third-order valence-electron chi connectivity index (χ3n) is 2.83. The first kappa shape index (κ1) is 17.6. The van der Waals surface area contributed by atoms with Crippen LogP contribution >= 0.6 is 0 Å². The maximum Gasteiger partial charge on any atom is 0.338 e. The lowest BCUT2D eigenvalue weighted by Crippen LogP contribution is -2.32. The highest BCUT2D eigenvalue weighted by molar-refractivity contribution is 7.89. The molecular formula is C14H22N2O4S. The van der Waals surface area contributed by atoms with E-state index in [4.69, 9.17) is 4.74 Å². The maximum atomic E-state index is 12.3. The molecule has 0 radical (unpaired) electrons. The molecule has 0 aliphatic rings. The van der Waals surface area contributed by atoms with E-state index in [0.717, 1.165) is 6.54 Å². The number of sulfonamides is 1. The summed E-state index contributed by atoms with van der Waals surface area (Å²) in [5.41, 5.74) is 0.813. The Balaban J connectivity index is 2.94. The van der Waals surface area contributed by atoms with Crippen molar-refractivity contribution in [2.45, 2.75) is 25.7 Å². The van der Waals surface area contributed by atoms with Gasteiger partial charge in [0.1, 0.15) is 0 Å². The minimum Gasteiger partial charge on any atom is -0.462 e. The Bertz CT molecular complexity index is 585. The summed E-state index contributed by atoms with van der Waals surface area (Å²) in [6, 6.07) is 4.51. The van der Waals surface area contributed by atoms with E-state index in [-0.39, 0.29) is 17.1 Å². The van der Waals surface area contributed by atoms with E-state index in [2.05, 4.69) is 10.0 Å². The zero-order chi connectivity index (χ0) is 15.9. The van der Waals surface area contributed by atoms with Crippen LogP contribution < -0.4 is 10.0 Å². The van der Waals surface area contributed by atoms with Gasteiger partial charge in [-0.25, -0.2) is 17.9 Å². The summed E-state index contributed by atoms with van der Waals surface area (Å²) in [6.45, 7) is 7.20. The lowest BCUT2D eigenvalue weighted by Gasteiger charge is -2.11. The quantitative estimate of drug-likeness (QED) is 0.554. The highest BCUT2D eigenvalue weighted by Gasteiger charge is 2.19. The second-order valence-electron chi connectivity index (χ2n) is 4.45. The first-order valence-electron chi connectivity index (χ1n) is 6.90. The maximum absolute atomic E-state index is 12.3. The van der Waals surface area contributed by atoms with Gasteiger partial charge in [0.25, 0.3) is 0 Å². The van der Waals surface area contributed by atoms with Crippen molar-refractivity contribution in [2.24, 2.45) is 0 Å². The van der Waals surface area contributed by atoms with Gasteiger partial charge in [0.05, 0.1) is 17.1 Å². The van der Waals surface area contributed by atoms with Gasteiger partial charge in [0.2, 0.25) is 10.0 Å². The Labute approximate surface area is 125 Å². The van der Waals surface area contributed by atoms with Crippen LogP contribution in [0.2, 0.25) is 0 Å². The van der Waals surface area contributed by atoms with Crippen LogP contribution in [0, 0.1) is 6.92 Å². The second-order valence-corrected chi connectivity index (χ2v) is 6.19. The molecule has 0 aromatic heterocycles. The standard InChI is InChI=1S/C14H22N2O4S/c1-4-15-8-9-16-21(18,19)13-10-12(7-6-11(13)3)14(17)20-5-2/h6-7,10,15-16H,4-5,8-9H2,1-3H3. The molecular weight excluding hydrogens is 292 g/mol. The van der Waals surface area contributed by atoms with Crippen LogP contribution in [-0.4, -0.2) is 40.6 Å². The fraction of sp³-hybridized carbons (Fsp3) is 0.500. The molecule has 0 saturated carbocycles. The molecule has 1 rings (SSSR count). The lowest BCUT2D eigenvalue weighted by molar-refractivity contribution is 0.0526. The molecule has 1 aromatic rings. The van der Waals surface area contributed by atoms with Gasteiger partial charge < -0.3 is 10.1 Å². The molecule has 0 atom stereocenters. The molecule has 0 amide bonds. The number of carbonyl (C=O) groups is 1. The normalized spacial score (nSPS) is 11.4. The summed E-state index contributed by atoms with van der Waals surface area (Å²) >= 11 is 0. The van der Waals surface area contributed by atoms with Gasteiger partial charge in [-0.15, -0.1) is 0 Å². The fourth-order valence-electron chi connectivity index (χ4n) is 1.76. The van der Waals surface area contributed by atoms with Gasteiger partial charge >= 0.3 is 5.97 Å². The number of ether oxygens (including phenoxy) is 1. The van der Waals surface area contributed by atoms with E-state index < -0.39 is 16.0 Å². The van der Waals surface area contributed by atoms with Crippen molar-refractivity contribution in [3.05, 3.63) is 29.3 Å². The summed E-state index contributed by atoms with van der Waals surface area (Å²) in [5.74, 6) is -0.526. The molecule has 2 N–H and O–H groups in total. The van der Waals surface area contributed by atoms with Gasteiger partial charge in [-0.2, -0.15) is 0 Å². The summed E-state index contributed by atoms with van der Waals surface area (Å²) in [7, 11) is -3.64. The van der Waals surface area contributed by atoms with Crippen LogP contribution in [0.25, 0.3) is 0 Å². The minimum atomic E-state index is -3.64. The molecule has 0 aliphatic heterocycles. The molecule has 6 nitrogen and oxygen atoms in total. The second kappa shape index (κ2) is 8.11. The van der Waals surface area contributed by atoms with Crippen molar-refractivity contribution < 1.29 is 17.9 Å². The zero-order valence-corrected chi connectivity index (χ0v) is 13.4. The number of aryl methyl sites for hydroxylation is 1. The molecule has 0 fully saturated rings. The number of benzene rings is 1. The Morgan fingerprint density at radius 1 is 1.24 bits per heavy atom. The number of esters is 1. The Morgan fingerprint density at radius 3 is 2.57 bits per heavy atom. The van der Waals surface area contributed by atoms with Crippen LogP contribution in [0.5, 0.6) is 0 Å². The summed E-state index contributed by atoms with van der Waals surface area (Å²) in [6.07, 6.45) is 0. The highest BCUT2D eigenvalue weighted by atomic mass is 32.2. The molecule has 118 valence electrons. The van der Waals surface area contributed by atoms with Crippen molar-refractivity contribution in [3.63, 3.8) is 0 Å². The highest BCUT2D eigenvalue weighted by Crippen LogP contribution is 2.17. The molecule has 0 heterocycles. The van der Waals surface area contributed by atoms with Crippen LogP contribution in [0.4, 0.5) is 0 Å². The fourth-order valence-corrected chi connectivity index (χ4v) is 3.06. The van der Waals surface area contributed by atoms with Gasteiger partial charge in [-0.05, 0) is 38.1 Å². The van der Waals surface area contributed by atoms with E-state index in [1.807, 2.05) is 6.92 Å². The van der Waals surface area contributed by atoms with Gasteiger partial charge in [0.15, 0.2) is 0 Å². The first-order chi connectivity index (χ1) is 9.92. The van der Waals surface area contributed by atoms with Crippen LogP contribution in [0.15, 0.2) is 23.1 Å². The number of carbonyl (C=O) groups excluding carboxylic acids is 1. The molecule has 1 aromatic carbocycles. The smallest absolute Gasteiger partial charge is 0.338 e. The number of hydrogen-bond donors (Lipinski definition) is 2. The predicted octanol–water partition coefficient (Wildman–Crippen LogP) is 1.06. The Kier molecular flexibility index (Phi) is 6.80. The van der Waals surface area contributed by atoms with Crippen molar-refractivity contribution in [3.8, 4) is 0 Å². The van der Waals surface area contributed by atoms with E-state index in [9.17, 15) is 13.2 Å².